The predicted octanol–water partition coefficient (Wildman–Crippen LogP) is 2.44. The summed E-state index contributed by atoms with van der Waals surface area (Å²) in [5.74, 6) is -0.489. The van der Waals surface area contributed by atoms with Gasteiger partial charge >= 0.3 is 0 Å². The van der Waals surface area contributed by atoms with Crippen molar-refractivity contribution in [2.24, 2.45) is 0 Å². The maximum absolute atomic E-state index is 13.4. The molecule has 1 aromatic heterocycles. The van der Waals surface area contributed by atoms with Crippen LogP contribution in [0.3, 0.4) is 0 Å². The molecule has 2 heterocycles. The van der Waals surface area contributed by atoms with Gasteiger partial charge in [0.2, 0.25) is 0 Å². The van der Waals surface area contributed by atoms with Crippen molar-refractivity contribution in [3.63, 3.8) is 0 Å². The summed E-state index contributed by atoms with van der Waals surface area (Å²) in [6.07, 6.45) is 1.82. The Balaban J connectivity index is 1.98. The summed E-state index contributed by atoms with van der Waals surface area (Å²) in [6.45, 7) is 1.02. The first-order valence-corrected chi connectivity index (χ1v) is 6.81. The van der Waals surface area contributed by atoms with Gasteiger partial charge in [0.05, 0.1) is 22.9 Å². The van der Waals surface area contributed by atoms with Gasteiger partial charge in [-0.15, -0.1) is 0 Å². The molecule has 2 aromatic rings. The van der Waals surface area contributed by atoms with E-state index in [1.54, 1.807) is 12.1 Å². The Morgan fingerprint density at radius 1 is 1.45 bits per heavy atom. The molecule has 1 aliphatic rings. The number of halogens is 2. The lowest BCUT2D eigenvalue weighted by molar-refractivity contribution is 0.596. The van der Waals surface area contributed by atoms with Gasteiger partial charge < -0.3 is 5.32 Å². The number of hydrogen-bond acceptors (Lipinski definition) is 3. The molecule has 104 valence electrons. The second-order valence-corrected chi connectivity index (χ2v) is 5.12. The molecule has 3 rings (SSSR count). The van der Waals surface area contributed by atoms with Crippen LogP contribution in [0.2, 0.25) is 5.02 Å². The minimum atomic E-state index is -0.489. The van der Waals surface area contributed by atoms with Crippen LogP contribution in [-0.2, 0) is 13.0 Å². The summed E-state index contributed by atoms with van der Waals surface area (Å²) < 4.78 is 14.7. The number of fused-ring (bicyclic) bond motifs is 1. The van der Waals surface area contributed by atoms with Gasteiger partial charge in [0, 0.05) is 12.6 Å². The quantitative estimate of drug-likeness (QED) is 0.925. The molecule has 4 nitrogen and oxygen atoms in total. The van der Waals surface area contributed by atoms with Gasteiger partial charge in [-0.05, 0) is 24.5 Å². The first-order chi connectivity index (χ1) is 9.65. The lowest BCUT2D eigenvalue weighted by Gasteiger charge is -2.18. The number of anilines is 1. The zero-order valence-corrected chi connectivity index (χ0v) is 11.5. The molecule has 0 unspecified atom stereocenters. The summed E-state index contributed by atoms with van der Waals surface area (Å²) in [7, 11) is 0. The van der Waals surface area contributed by atoms with Crippen molar-refractivity contribution in [3.8, 4) is 0 Å². The van der Waals surface area contributed by atoms with Crippen molar-refractivity contribution >= 4 is 17.3 Å². The molecule has 0 radical (unpaired) electrons. The molecule has 0 saturated heterocycles. The normalized spacial score (nSPS) is 13.7. The van der Waals surface area contributed by atoms with E-state index in [1.165, 1.54) is 16.8 Å². The van der Waals surface area contributed by atoms with Crippen molar-refractivity contribution in [1.82, 2.24) is 9.78 Å². The van der Waals surface area contributed by atoms with Gasteiger partial charge in [0.1, 0.15) is 5.82 Å². The van der Waals surface area contributed by atoms with Crippen LogP contribution in [0.4, 0.5) is 10.1 Å². The van der Waals surface area contributed by atoms with Crippen LogP contribution >= 0.6 is 11.6 Å². The van der Waals surface area contributed by atoms with E-state index < -0.39 is 5.82 Å². The monoisotopic (exact) mass is 293 g/mol. The van der Waals surface area contributed by atoms with Crippen molar-refractivity contribution in [3.05, 3.63) is 56.7 Å². The second-order valence-electron chi connectivity index (χ2n) is 4.74. The van der Waals surface area contributed by atoms with Crippen LogP contribution in [0.25, 0.3) is 0 Å². The largest absolute Gasteiger partial charge is 0.383 e. The zero-order chi connectivity index (χ0) is 14.1. The fraction of sp³-hybridized carbons (Fsp3) is 0.286. The van der Waals surface area contributed by atoms with E-state index in [9.17, 15) is 9.18 Å². The van der Waals surface area contributed by atoms with Crippen LogP contribution in [0, 0.1) is 5.82 Å². The lowest BCUT2D eigenvalue weighted by atomic mass is 10.1. The smallest absolute Gasteiger partial charge is 0.269 e. The molecule has 0 aliphatic carbocycles. The van der Waals surface area contributed by atoms with Gasteiger partial charge in [-0.3, -0.25) is 4.79 Å². The number of aromatic nitrogens is 2. The molecule has 20 heavy (non-hydrogen) atoms. The average Bonchev–Trinajstić information content (AvgIpc) is 2.44. The Morgan fingerprint density at radius 3 is 3.15 bits per heavy atom. The molecule has 0 amide bonds. The van der Waals surface area contributed by atoms with Crippen molar-refractivity contribution < 1.29 is 4.39 Å². The van der Waals surface area contributed by atoms with E-state index >= 15 is 0 Å². The molecule has 1 N–H and O–H groups in total. The van der Waals surface area contributed by atoms with E-state index in [0.29, 0.717) is 5.56 Å². The summed E-state index contributed by atoms with van der Waals surface area (Å²) in [4.78, 5) is 12.0. The molecule has 6 heteroatoms. The topological polar surface area (TPSA) is 46.9 Å². The lowest BCUT2D eigenvalue weighted by Crippen LogP contribution is -2.27. The Morgan fingerprint density at radius 2 is 2.30 bits per heavy atom. The van der Waals surface area contributed by atoms with Gasteiger partial charge in [-0.2, -0.15) is 5.10 Å². The van der Waals surface area contributed by atoms with E-state index in [4.69, 9.17) is 11.6 Å². The molecule has 0 atom stereocenters. The fourth-order valence-electron chi connectivity index (χ4n) is 2.29. The van der Waals surface area contributed by atoms with Gasteiger partial charge in [-0.1, -0.05) is 23.7 Å². The number of nitrogens with zero attached hydrogens (tertiary/aromatic N) is 2. The van der Waals surface area contributed by atoms with Crippen molar-refractivity contribution in [2.45, 2.75) is 19.4 Å². The molecule has 0 bridgehead atoms. The molecular formula is C14H13ClFN3O. The summed E-state index contributed by atoms with van der Waals surface area (Å²) >= 11 is 5.91. The second kappa shape index (κ2) is 5.25. The first-order valence-electron chi connectivity index (χ1n) is 6.43. The Labute approximate surface area is 120 Å². The fourth-order valence-corrected chi connectivity index (χ4v) is 2.48. The molecular weight excluding hydrogens is 281 g/mol. The summed E-state index contributed by atoms with van der Waals surface area (Å²) in [6, 6.07) is 6.09. The van der Waals surface area contributed by atoms with E-state index in [0.717, 1.165) is 30.8 Å². The Kier molecular flexibility index (Phi) is 3.44. The maximum Gasteiger partial charge on any atom is 0.269 e. The van der Waals surface area contributed by atoms with Gasteiger partial charge in [0.15, 0.2) is 0 Å². The summed E-state index contributed by atoms with van der Waals surface area (Å²) in [5, 5.41) is 7.53. The van der Waals surface area contributed by atoms with Crippen LogP contribution in [0.15, 0.2) is 29.1 Å². The average molecular weight is 294 g/mol. The summed E-state index contributed by atoms with van der Waals surface area (Å²) in [5.41, 5.74) is 1.98. The Bertz CT molecular complexity index is 714. The SMILES string of the molecule is O=c1cc2c(nn1Cc1cccc(F)c1Cl)CCCN2. The number of benzene rings is 1. The number of aryl methyl sites for hydroxylation is 1. The maximum atomic E-state index is 13.4. The molecule has 0 saturated carbocycles. The van der Waals surface area contributed by atoms with Gasteiger partial charge in [-0.25, -0.2) is 9.07 Å². The zero-order valence-electron chi connectivity index (χ0n) is 10.7. The third-order valence-electron chi connectivity index (χ3n) is 3.33. The van der Waals surface area contributed by atoms with Crippen LogP contribution in [0.5, 0.6) is 0 Å². The minimum absolute atomic E-state index is 0.0389. The predicted molar refractivity (Wildman–Crippen MR) is 75.8 cm³/mol. The highest BCUT2D eigenvalue weighted by Gasteiger charge is 2.14. The van der Waals surface area contributed by atoms with Crippen LogP contribution < -0.4 is 10.9 Å². The highest BCUT2D eigenvalue weighted by atomic mass is 35.5. The number of rotatable bonds is 2. The third-order valence-corrected chi connectivity index (χ3v) is 3.76. The van der Waals surface area contributed by atoms with Crippen molar-refractivity contribution in [2.75, 3.05) is 11.9 Å². The Hall–Kier alpha value is -1.88. The molecule has 1 aliphatic heterocycles. The molecule has 1 aromatic carbocycles. The first kappa shape index (κ1) is 13.1. The highest BCUT2D eigenvalue weighted by Crippen LogP contribution is 2.21. The molecule has 0 fully saturated rings. The van der Waals surface area contributed by atoms with E-state index in [2.05, 4.69) is 10.4 Å². The standard InChI is InChI=1S/C14H13ClFN3O/c15-14-9(3-1-4-10(14)16)8-19-13(20)7-12-11(18-19)5-2-6-17-12/h1,3-4,7,17H,2,5-6,8H2. The van der Waals surface area contributed by atoms with Crippen LogP contribution in [0.1, 0.15) is 17.7 Å². The van der Waals surface area contributed by atoms with Gasteiger partial charge in [0.25, 0.3) is 5.56 Å². The number of hydrogen-bond donors (Lipinski definition) is 1. The van der Waals surface area contributed by atoms with Crippen LogP contribution in [-0.4, -0.2) is 16.3 Å². The van der Waals surface area contributed by atoms with E-state index in [1.807, 2.05) is 0 Å². The highest BCUT2D eigenvalue weighted by molar-refractivity contribution is 6.31. The minimum Gasteiger partial charge on any atom is -0.383 e. The van der Waals surface area contributed by atoms with Crippen molar-refractivity contribution in [1.29, 1.82) is 0 Å². The third kappa shape index (κ3) is 2.41. The van der Waals surface area contributed by atoms with E-state index in [-0.39, 0.29) is 17.1 Å². The molecule has 0 spiro atoms. The number of nitrogens with one attached hydrogen (secondary N) is 1.